The van der Waals surface area contributed by atoms with Gasteiger partial charge >= 0.3 is 0 Å². The number of aliphatic hydroxyl groups excluding tert-OH is 1. The molecular weight excluding hydrogens is 431 g/mol. The number of carbonyl (C=O) groups excluding carboxylic acids is 2. The highest BCUT2D eigenvalue weighted by molar-refractivity contribution is 5.92. The number of aliphatic hydroxyl groups is 1. The summed E-state index contributed by atoms with van der Waals surface area (Å²) in [5.41, 5.74) is 0.0755. The molecule has 0 radical (unpaired) electrons. The average molecular weight is 461 g/mol. The number of hydrogen-bond acceptors (Lipinski definition) is 7. The quantitative estimate of drug-likeness (QED) is 0.674. The standard InChI is InChI=1S/C23H29FN4O5/c1-15(29)27-9-11-28(12-10-27)20-7-4-6-18(22(20)30)25-23(31)19-13-16(33-26-19)14-32-21-8-3-2-5-17(21)24/h2-3,5,8,13,18,20,22,30H,4,6-7,9-12,14H2,1H3,(H,25,31)/t18-,20-,22-/m1/s1. The van der Waals surface area contributed by atoms with E-state index >= 15 is 0 Å². The number of hydrogen-bond donors (Lipinski definition) is 2. The normalized spacial score (nSPS) is 23.8. The maximum absolute atomic E-state index is 13.7. The highest BCUT2D eigenvalue weighted by Crippen LogP contribution is 2.25. The van der Waals surface area contributed by atoms with Crippen LogP contribution in [-0.2, 0) is 11.4 Å². The van der Waals surface area contributed by atoms with E-state index in [1.165, 1.54) is 18.2 Å². The molecule has 0 unspecified atom stereocenters. The van der Waals surface area contributed by atoms with Crippen molar-refractivity contribution >= 4 is 11.8 Å². The zero-order chi connectivity index (χ0) is 23.4. The third kappa shape index (κ3) is 5.51. The van der Waals surface area contributed by atoms with Gasteiger partial charge in [0.05, 0.1) is 12.1 Å². The van der Waals surface area contributed by atoms with Crippen LogP contribution in [0.2, 0.25) is 0 Å². The monoisotopic (exact) mass is 460 g/mol. The molecule has 4 rings (SSSR count). The van der Waals surface area contributed by atoms with Gasteiger partial charge in [0.1, 0.15) is 6.61 Å². The van der Waals surface area contributed by atoms with E-state index in [9.17, 15) is 19.1 Å². The zero-order valence-electron chi connectivity index (χ0n) is 18.6. The molecule has 10 heteroatoms. The van der Waals surface area contributed by atoms with Gasteiger partial charge in [0, 0.05) is 45.2 Å². The SMILES string of the molecule is CC(=O)N1CCN([C@@H]2CCC[C@@H](NC(=O)c3cc(COc4ccccc4F)on3)[C@H]2O)CC1. The number of nitrogens with one attached hydrogen (secondary N) is 1. The van der Waals surface area contributed by atoms with E-state index in [0.717, 1.165) is 12.8 Å². The summed E-state index contributed by atoms with van der Waals surface area (Å²) in [6.07, 6.45) is 1.66. The molecule has 178 valence electrons. The number of para-hydroxylation sites is 1. The second kappa shape index (κ2) is 10.3. The van der Waals surface area contributed by atoms with Gasteiger partial charge in [-0.15, -0.1) is 0 Å². The van der Waals surface area contributed by atoms with Crippen LogP contribution in [-0.4, -0.2) is 76.2 Å². The average Bonchev–Trinajstić information content (AvgIpc) is 3.29. The second-order valence-corrected chi connectivity index (χ2v) is 8.51. The van der Waals surface area contributed by atoms with Crippen LogP contribution >= 0.6 is 0 Å². The Labute approximate surface area is 191 Å². The number of benzene rings is 1. The van der Waals surface area contributed by atoms with E-state index in [4.69, 9.17) is 9.26 Å². The van der Waals surface area contributed by atoms with Crippen LogP contribution in [0.5, 0.6) is 5.75 Å². The van der Waals surface area contributed by atoms with Gasteiger partial charge in [0.2, 0.25) is 5.91 Å². The van der Waals surface area contributed by atoms with E-state index in [0.29, 0.717) is 32.6 Å². The molecule has 1 aromatic heterocycles. The molecule has 2 fully saturated rings. The van der Waals surface area contributed by atoms with Gasteiger partial charge in [0.25, 0.3) is 5.91 Å². The summed E-state index contributed by atoms with van der Waals surface area (Å²) < 4.78 is 24.2. The summed E-state index contributed by atoms with van der Waals surface area (Å²) in [4.78, 5) is 28.3. The van der Waals surface area contributed by atoms with E-state index in [-0.39, 0.29) is 35.8 Å². The highest BCUT2D eigenvalue weighted by atomic mass is 19.1. The zero-order valence-corrected chi connectivity index (χ0v) is 18.6. The van der Waals surface area contributed by atoms with Crippen LogP contribution in [0.3, 0.4) is 0 Å². The molecule has 9 nitrogen and oxygen atoms in total. The summed E-state index contributed by atoms with van der Waals surface area (Å²) in [5, 5.41) is 17.6. The van der Waals surface area contributed by atoms with E-state index < -0.39 is 23.9 Å². The molecule has 1 aliphatic carbocycles. The second-order valence-electron chi connectivity index (χ2n) is 8.51. The number of ether oxygens (including phenoxy) is 1. The van der Waals surface area contributed by atoms with Crippen LogP contribution in [0.25, 0.3) is 0 Å². The predicted octanol–water partition coefficient (Wildman–Crippen LogP) is 1.57. The number of nitrogens with zero attached hydrogens (tertiary/aromatic N) is 3. The molecule has 0 spiro atoms. The Morgan fingerprint density at radius 1 is 1.24 bits per heavy atom. The molecule has 0 bridgehead atoms. The number of rotatable bonds is 6. The van der Waals surface area contributed by atoms with Gasteiger partial charge in [-0.2, -0.15) is 0 Å². The van der Waals surface area contributed by atoms with Gasteiger partial charge in [-0.3, -0.25) is 14.5 Å². The lowest BCUT2D eigenvalue weighted by Gasteiger charge is -2.44. The third-order valence-corrected chi connectivity index (χ3v) is 6.36. The summed E-state index contributed by atoms with van der Waals surface area (Å²) in [6, 6.07) is 6.99. The molecule has 1 aliphatic heterocycles. The van der Waals surface area contributed by atoms with Crippen LogP contribution in [0.1, 0.15) is 42.4 Å². The minimum absolute atomic E-state index is 0.0651. The number of amides is 2. The summed E-state index contributed by atoms with van der Waals surface area (Å²) in [5.74, 6) is -0.495. The Morgan fingerprint density at radius 3 is 2.73 bits per heavy atom. The van der Waals surface area contributed by atoms with Gasteiger partial charge in [-0.25, -0.2) is 4.39 Å². The molecule has 2 N–H and O–H groups in total. The molecule has 2 aromatic rings. The molecule has 2 heterocycles. The lowest BCUT2D eigenvalue weighted by molar-refractivity contribution is -0.131. The summed E-state index contributed by atoms with van der Waals surface area (Å²) in [7, 11) is 0. The molecule has 1 saturated carbocycles. The largest absolute Gasteiger partial charge is 0.482 e. The molecule has 2 aliphatic rings. The van der Waals surface area contributed by atoms with Crippen molar-refractivity contribution in [2.45, 2.75) is 51.0 Å². The van der Waals surface area contributed by atoms with Crippen LogP contribution in [0.4, 0.5) is 4.39 Å². The fourth-order valence-electron chi connectivity index (χ4n) is 4.52. The fraction of sp³-hybridized carbons (Fsp3) is 0.522. The number of carbonyl (C=O) groups is 2. The van der Waals surface area contributed by atoms with Crippen molar-refractivity contribution in [1.29, 1.82) is 0 Å². The predicted molar refractivity (Wildman–Crippen MR) is 116 cm³/mol. The first-order valence-electron chi connectivity index (χ1n) is 11.2. The van der Waals surface area contributed by atoms with Crippen LogP contribution in [0, 0.1) is 5.82 Å². The van der Waals surface area contributed by atoms with Crippen molar-refractivity contribution in [2.75, 3.05) is 26.2 Å². The minimum atomic E-state index is -0.720. The van der Waals surface area contributed by atoms with Gasteiger partial charge in [-0.05, 0) is 31.4 Å². The third-order valence-electron chi connectivity index (χ3n) is 6.36. The number of piperazine rings is 1. The molecule has 1 aromatic carbocycles. The molecule has 2 amide bonds. The fourth-order valence-corrected chi connectivity index (χ4v) is 4.52. The summed E-state index contributed by atoms with van der Waals surface area (Å²) >= 11 is 0. The first-order valence-corrected chi connectivity index (χ1v) is 11.2. The van der Waals surface area contributed by atoms with E-state index in [2.05, 4.69) is 15.4 Å². The number of aromatic nitrogens is 1. The maximum atomic E-state index is 13.7. The van der Waals surface area contributed by atoms with E-state index in [1.54, 1.807) is 19.1 Å². The summed E-state index contributed by atoms with van der Waals surface area (Å²) in [6.45, 7) is 4.20. The van der Waals surface area contributed by atoms with E-state index in [1.807, 2.05) is 4.90 Å². The van der Waals surface area contributed by atoms with Crippen molar-refractivity contribution in [3.05, 3.63) is 47.6 Å². The lowest BCUT2D eigenvalue weighted by Crippen LogP contribution is -2.60. The molecular formula is C23H29FN4O5. The van der Waals surface area contributed by atoms with Crippen LogP contribution in [0.15, 0.2) is 34.9 Å². The Kier molecular flexibility index (Phi) is 7.24. The maximum Gasteiger partial charge on any atom is 0.273 e. The first kappa shape index (κ1) is 23.2. The smallest absolute Gasteiger partial charge is 0.273 e. The number of halogens is 1. The van der Waals surface area contributed by atoms with Crippen molar-refractivity contribution in [1.82, 2.24) is 20.3 Å². The van der Waals surface area contributed by atoms with Crippen molar-refractivity contribution in [3.8, 4) is 5.75 Å². The van der Waals surface area contributed by atoms with Gasteiger partial charge in [-0.1, -0.05) is 17.3 Å². The Morgan fingerprint density at radius 2 is 2.00 bits per heavy atom. The van der Waals surface area contributed by atoms with Gasteiger partial charge in [0.15, 0.2) is 23.0 Å². The van der Waals surface area contributed by atoms with Crippen molar-refractivity contribution in [2.24, 2.45) is 0 Å². The Balaban J connectivity index is 1.31. The molecule has 3 atom stereocenters. The van der Waals surface area contributed by atoms with Gasteiger partial charge < -0.3 is 24.6 Å². The minimum Gasteiger partial charge on any atom is -0.482 e. The topological polar surface area (TPSA) is 108 Å². The lowest BCUT2D eigenvalue weighted by atomic mass is 9.86. The molecule has 1 saturated heterocycles. The Bertz CT molecular complexity index is 975. The highest BCUT2D eigenvalue weighted by Gasteiger charge is 2.37. The van der Waals surface area contributed by atoms with Crippen molar-refractivity contribution in [3.63, 3.8) is 0 Å². The Hall–Kier alpha value is -2.98. The first-order chi connectivity index (χ1) is 15.9. The van der Waals surface area contributed by atoms with Crippen LogP contribution < -0.4 is 10.1 Å². The van der Waals surface area contributed by atoms with Crippen molar-refractivity contribution < 1.29 is 28.3 Å². The molecule has 33 heavy (non-hydrogen) atoms.